The van der Waals surface area contributed by atoms with Crippen LogP contribution in [0.3, 0.4) is 0 Å². The van der Waals surface area contributed by atoms with Crippen LogP contribution in [0.5, 0.6) is 0 Å². The molecule has 0 radical (unpaired) electrons. The number of nitrogens with zero attached hydrogens (tertiary/aromatic N) is 1. The first-order chi connectivity index (χ1) is 9.11. The van der Waals surface area contributed by atoms with Crippen LogP contribution >= 0.6 is 11.3 Å². The van der Waals surface area contributed by atoms with Crippen LogP contribution in [0.15, 0.2) is 12.1 Å². The standard InChI is InChI=1S/C15H22N2OS/c1-4-9(2)13-15(18)17(11-6-7-11)14(16-13)12-8-5-10(3)19-12/h5,8-9,11,13-14,16H,4,6-7H2,1-3H3. The molecular weight excluding hydrogens is 256 g/mol. The highest BCUT2D eigenvalue weighted by Crippen LogP contribution is 2.40. The maximum atomic E-state index is 12.6. The lowest BCUT2D eigenvalue weighted by Crippen LogP contribution is -2.36. The van der Waals surface area contributed by atoms with Crippen LogP contribution in [0, 0.1) is 12.8 Å². The minimum Gasteiger partial charge on any atom is -0.318 e. The first-order valence-electron chi connectivity index (χ1n) is 7.26. The summed E-state index contributed by atoms with van der Waals surface area (Å²) in [5.41, 5.74) is 0. The third-order valence-corrected chi connectivity index (χ3v) is 5.37. The molecule has 4 heteroatoms. The summed E-state index contributed by atoms with van der Waals surface area (Å²) in [6.45, 7) is 6.45. The van der Waals surface area contributed by atoms with Gasteiger partial charge in [0.25, 0.3) is 0 Å². The lowest BCUT2D eigenvalue weighted by molar-refractivity contribution is -0.131. The molecule has 19 heavy (non-hydrogen) atoms. The Morgan fingerprint density at radius 1 is 1.47 bits per heavy atom. The van der Waals surface area contributed by atoms with E-state index in [1.165, 1.54) is 22.6 Å². The van der Waals surface area contributed by atoms with Gasteiger partial charge >= 0.3 is 0 Å². The van der Waals surface area contributed by atoms with Crippen LogP contribution in [0.1, 0.15) is 49.0 Å². The number of hydrogen-bond acceptors (Lipinski definition) is 3. The predicted octanol–water partition coefficient (Wildman–Crippen LogP) is 3.06. The summed E-state index contributed by atoms with van der Waals surface area (Å²) in [6.07, 6.45) is 3.49. The molecule has 1 saturated carbocycles. The zero-order valence-electron chi connectivity index (χ0n) is 11.8. The largest absolute Gasteiger partial charge is 0.318 e. The molecule has 1 aliphatic heterocycles. The van der Waals surface area contributed by atoms with Crippen molar-refractivity contribution in [3.63, 3.8) is 0 Å². The molecule has 0 bridgehead atoms. The van der Waals surface area contributed by atoms with E-state index in [0.717, 1.165) is 6.42 Å². The molecule has 2 fully saturated rings. The summed E-state index contributed by atoms with van der Waals surface area (Å²) >= 11 is 1.80. The minimum absolute atomic E-state index is 0.00185. The van der Waals surface area contributed by atoms with Gasteiger partial charge in [-0.2, -0.15) is 0 Å². The van der Waals surface area contributed by atoms with Gasteiger partial charge in [-0.25, -0.2) is 0 Å². The lowest BCUT2D eigenvalue weighted by Gasteiger charge is -2.22. The molecule has 3 rings (SSSR count). The first-order valence-corrected chi connectivity index (χ1v) is 8.08. The Kier molecular flexibility index (Phi) is 3.39. The van der Waals surface area contributed by atoms with Crippen molar-refractivity contribution in [1.82, 2.24) is 10.2 Å². The van der Waals surface area contributed by atoms with Crippen molar-refractivity contribution in [3.05, 3.63) is 21.9 Å². The van der Waals surface area contributed by atoms with E-state index >= 15 is 0 Å². The Hall–Kier alpha value is -0.870. The average molecular weight is 278 g/mol. The molecule has 3 unspecified atom stereocenters. The summed E-state index contributed by atoms with van der Waals surface area (Å²) in [4.78, 5) is 17.4. The second-order valence-corrected chi connectivity index (χ2v) is 7.18. The first kappa shape index (κ1) is 13.1. The van der Waals surface area contributed by atoms with Gasteiger partial charge in [0.15, 0.2) is 0 Å². The summed E-state index contributed by atoms with van der Waals surface area (Å²) in [6, 6.07) is 4.78. The molecule has 0 aromatic carbocycles. The van der Waals surface area contributed by atoms with Gasteiger partial charge in [0, 0.05) is 15.8 Å². The molecule has 3 atom stereocenters. The van der Waals surface area contributed by atoms with E-state index in [4.69, 9.17) is 0 Å². The molecule has 2 heterocycles. The van der Waals surface area contributed by atoms with Crippen molar-refractivity contribution in [2.24, 2.45) is 5.92 Å². The monoisotopic (exact) mass is 278 g/mol. The number of aryl methyl sites for hydroxylation is 1. The SMILES string of the molecule is CCC(C)C1NC(c2ccc(C)s2)N(C2CC2)C1=O. The van der Waals surface area contributed by atoms with E-state index in [-0.39, 0.29) is 12.2 Å². The number of rotatable bonds is 4. The van der Waals surface area contributed by atoms with Gasteiger partial charge in [0.05, 0.1) is 6.04 Å². The van der Waals surface area contributed by atoms with Gasteiger partial charge in [-0.3, -0.25) is 10.1 Å². The molecule has 3 nitrogen and oxygen atoms in total. The fraction of sp³-hybridized carbons (Fsp3) is 0.667. The van der Waals surface area contributed by atoms with E-state index < -0.39 is 0 Å². The fourth-order valence-corrected chi connectivity index (χ4v) is 3.75. The average Bonchev–Trinajstić information content (AvgIpc) is 3.05. The summed E-state index contributed by atoms with van der Waals surface area (Å²) < 4.78 is 0. The van der Waals surface area contributed by atoms with Gasteiger partial charge in [-0.05, 0) is 37.8 Å². The van der Waals surface area contributed by atoms with Gasteiger partial charge in [-0.1, -0.05) is 20.3 Å². The molecule has 1 amide bonds. The quantitative estimate of drug-likeness (QED) is 0.918. The van der Waals surface area contributed by atoms with Crippen LogP contribution in [0.25, 0.3) is 0 Å². The number of hydrogen-bond donors (Lipinski definition) is 1. The maximum Gasteiger partial charge on any atom is 0.241 e. The normalized spacial score (nSPS) is 29.0. The summed E-state index contributed by atoms with van der Waals surface area (Å²) in [5, 5.41) is 3.58. The Balaban J connectivity index is 1.87. The van der Waals surface area contributed by atoms with Gasteiger partial charge in [-0.15, -0.1) is 11.3 Å². The Morgan fingerprint density at radius 3 is 2.74 bits per heavy atom. The van der Waals surface area contributed by atoms with Crippen molar-refractivity contribution in [2.75, 3.05) is 0 Å². The van der Waals surface area contributed by atoms with Crippen molar-refractivity contribution in [3.8, 4) is 0 Å². The zero-order chi connectivity index (χ0) is 13.6. The summed E-state index contributed by atoms with van der Waals surface area (Å²) in [7, 11) is 0. The second kappa shape index (κ2) is 4.91. The van der Waals surface area contributed by atoms with Crippen molar-refractivity contribution in [2.45, 2.75) is 58.3 Å². The number of amides is 1. The van der Waals surface area contributed by atoms with Gasteiger partial charge in [0.2, 0.25) is 5.91 Å². The van der Waals surface area contributed by atoms with Crippen molar-refractivity contribution >= 4 is 17.2 Å². The molecule has 0 spiro atoms. The van der Waals surface area contributed by atoms with E-state index in [0.29, 0.717) is 17.9 Å². The van der Waals surface area contributed by atoms with E-state index in [1.807, 2.05) is 0 Å². The van der Waals surface area contributed by atoms with Crippen LogP contribution in [0.4, 0.5) is 0 Å². The lowest BCUT2D eigenvalue weighted by atomic mass is 9.99. The van der Waals surface area contributed by atoms with Crippen molar-refractivity contribution in [1.29, 1.82) is 0 Å². The molecule has 104 valence electrons. The van der Waals surface area contributed by atoms with Crippen LogP contribution in [0.2, 0.25) is 0 Å². The molecule has 1 N–H and O–H groups in total. The highest BCUT2D eigenvalue weighted by Gasteiger charge is 2.48. The Bertz CT molecular complexity index is 480. The molecule has 1 aliphatic carbocycles. The van der Waals surface area contributed by atoms with Gasteiger partial charge in [0.1, 0.15) is 6.17 Å². The van der Waals surface area contributed by atoms with E-state index in [2.05, 4.69) is 43.1 Å². The second-order valence-electron chi connectivity index (χ2n) is 5.86. The Labute approximate surface area is 119 Å². The number of thiophene rings is 1. The highest BCUT2D eigenvalue weighted by molar-refractivity contribution is 7.12. The molecule has 1 aromatic heterocycles. The van der Waals surface area contributed by atoms with E-state index in [9.17, 15) is 4.79 Å². The zero-order valence-corrected chi connectivity index (χ0v) is 12.7. The predicted molar refractivity (Wildman–Crippen MR) is 78.0 cm³/mol. The smallest absolute Gasteiger partial charge is 0.241 e. The summed E-state index contributed by atoms with van der Waals surface area (Å²) in [5.74, 6) is 0.715. The minimum atomic E-state index is -0.00185. The highest BCUT2D eigenvalue weighted by atomic mass is 32.1. The molecule has 1 saturated heterocycles. The number of carbonyl (C=O) groups excluding carboxylic acids is 1. The van der Waals surface area contributed by atoms with E-state index in [1.54, 1.807) is 11.3 Å². The van der Waals surface area contributed by atoms with Crippen molar-refractivity contribution < 1.29 is 4.79 Å². The van der Waals surface area contributed by atoms with Crippen LogP contribution < -0.4 is 5.32 Å². The fourth-order valence-electron chi connectivity index (χ4n) is 2.82. The molecule has 2 aliphatic rings. The third-order valence-electron chi connectivity index (χ3n) is 4.32. The number of nitrogens with one attached hydrogen (secondary N) is 1. The maximum absolute atomic E-state index is 12.6. The Morgan fingerprint density at radius 2 is 2.21 bits per heavy atom. The number of carbonyl (C=O) groups is 1. The van der Waals surface area contributed by atoms with Crippen LogP contribution in [-0.2, 0) is 4.79 Å². The molecule has 1 aromatic rings. The molecular formula is C15H22N2OS. The topological polar surface area (TPSA) is 32.3 Å². The third kappa shape index (κ3) is 2.32. The van der Waals surface area contributed by atoms with Gasteiger partial charge < -0.3 is 4.90 Å². The van der Waals surface area contributed by atoms with Crippen LogP contribution in [-0.4, -0.2) is 22.9 Å².